The van der Waals surface area contributed by atoms with Gasteiger partial charge in [-0.1, -0.05) is 84.5 Å². The van der Waals surface area contributed by atoms with Gasteiger partial charge in [0.05, 0.1) is 48.7 Å². The van der Waals surface area contributed by atoms with Crippen molar-refractivity contribution in [2.24, 2.45) is 28.2 Å². The molecule has 12 N–H and O–H groups in total. The van der Waals surface area contributed by atoms with Crippen molar-refractivity contribution in [3.05, 3.63) is 300 Å². The minimum Gasteiger partial charge on any atom is -0.482 e. The van der Waals surface area contributed by atoms with Crippen LogP contribution in [0.3, 0.4) is 0 Å². The highest BCUT2D eigenvalue weighted by Gasteiger charge is 2.25. The van der Waals surface area contributed by atoms with Gasteiger partial charge in [0.1, 0.15) is 35.8 Å². The zero-order valence-corrected chi connectivity index (χ0v) is 63.8. The molecule has 0 aliphatic rings. The lowest BCUT2D eigenvalue weighted by Crippen LogP contribution is -2.19. The molecule has 3 aromatic carbocycles. The first-order valence-corrected chi connectivity index (χ1v) is 33.5. The summed E-state index contributed by atoms with van der Waals surface area (Å²) >= 11 is 36.1. The average molecular weight is 1710 g/mol. The second kappa shape index (κ2) is 43.8. The molecule has 0 aliphatic carbocycles. The van der Waals surface area contributed by atoms with Crippen molar-refractivity contribution in [3.8, 4) is 17.2 Å². The molecule has 0 aliphatic heterocycles. The molecule has 35 nitrogen and oxygen atoms in total. The Bertz CT molecular complexity index is 5490. The number of hydrogen-bond donors (Lipinski definition) is 8. The summed E-state index contributed by atoms with van der Waals surface area (Å²) in [7, 11) is 6.24. The number of aromatic amines is 1. The lowest BCUT2D eigenvalue weighted by Gasteiger charge is -2.19. The fraction of sp³-hybridized carbons (Fsp3) is 0.171. The SMILES string of the molecule is C.C.C[C@@H](Oc1cc(C(=O)Nc2ccc(=O)n(C)c2)nnc1N)c1c(Cl)ccc(F)c1Cl.C[C@@H](Oc1cc(C(=O)Nc2ccc(=O)n(C)c2)nnc1N)c1c(Cl)ccc(F)c1Cl.C[C@@H](Oc1cc(C(=O)O)nnc1N)c1c(Cl)ccc(F)c1Cl.Cn1cc(N)ccc1=O.Cn1cc([N+](=O)[O-])ccc1=O.O=c1ccc([N+](=O)[O-])c[nH]1.[B]. The maximum Gasteiger partial charge on any atom is 0.356 e. The highest BCUT2D eigenvalue weighted by atomic mass is 35.5. The number of amides is 2. The van der Waals surface area contributed by atoms with E-state index < -0.39 is 63.4 Å². The molecule has 115 heavy (non-hydrogen) atoms. The van der Waals surface area contributed by atoms with Crippen LogP contribution in [0.15, 0.2) is 170 Å². The molecule has 0 bridgehead atoms. The number of pyridine rings is 5. The number of carbonyl (C=O) groups is 3. The third-order valence-electron chi connectivity index (χ3n) is 14.5. The topological polar surface area (TPSA) is 512 Å². The van der Waals surface area contributed by atoms with Gasteiger partial charge in [-0.25, -0.2) is 18.0 Å². The Morgan fingerprint density at radius 1 is 0.470 bits per heavy atom. The van der Waals surface area contributed by atoms with Crippen molar-refractivity contribution in [2.75, 3.05) is 33.6 Å². The lowest BCUT2D eigenvalue weighted by molar-refractivity contribution is -0.385. The van der Waals surface area contributed by atoms with E-state index in [4.69, 9.17) is 112 Å². The number of halogens is 9. The van der Waals surface area contributed by atoms with Crippen molar-refractivity contribution < 1.29 is 56.7 Å². The fourth-order valence-corrected chi connectivity index (χ4v) is 10.8. The number of rotatable bonds is 16. The molecule has 0 saturated heterocycles. The first-order valence-electron chi connectivity index (χ1n) is 31.2. The highest BCUT2D eigenvalue weighted by molar-refractivity contribution is 6.37. The molecule has 11 aromatic rings. The molecule has 8 heterocycles. The van der Waals surface area contributed by atoms with Gasteiger partial charge < -0.3 is 76.1 Å². The van der Waals surface area contributed by atoms with Crippen LogP contribution < -0.4 is 75.6 Å². The maximum absolute atomic E-state index is 13.8. The van der Waals surface area contributed by atoms with Crippen LogP contribution in [0.5, 0.6) is 17.2 Å². The molecule has 3 atom stereocenters. The molecule has 0 spiro atoms. The molecule has 0 unspecified atom stereocenters. The number of hydrogen-bond acceptors (Lipinski definition) is 25. The smallest absolute Gasteiger partial charge is 0.356 e. The van der Waals surface area contributed by atoms with Crippen LogP contribution in [0.25, 0.3) is 0 Å². The van der Waals surface area contributed by atoms with Gasteiger partial charge in [0.15, 0.2) is 51.8 Å². The number of benzene rings is 3. The molecular weight excluding hydrogens is 1640 g/mol. The van der Waals surface area contributed by atoms with E-state index in [1.54, 1.807) is 54.2 Å². The third-order valence-corrected chi connectivity index (χ3v) is 16.6. The van der Waals surface area contributed by atoms with Gasteiger partial charge in [-0.15, -0.1) is 30.6 Å². The van der Waals surface area contributed by atoms with Crippen LogP contribution in [-0.4, -0.2) is 95.0 Å². The molecule has 0 saturated carbocycles. The molecule has 8 aromatic heterocycles. The number of nitrogens with zero attached hydrogens (tertiary/aromatic N) is 12. The molecule has 0 fully saturated rings. The first kappa shape index (κ1) is 96.3. The van der Waals surface area contributed by atoms with Crippen molar-refractivity contribution >= 4 is 142 Å². The number of aromatic nitrogens is 11. The number of carbonyl (C=O) groups excluding carboxylic acids is 2. The summed E-state index contributed by atoms with van der Waals surface area (Å²) in [6.07, 6.45) is 4.35. The summed E-state index contributed by atoms with van der Waals surface area (Å²) in [5, 5.41) is 56.2. The summed E-state index contributed by atoms with van der Waals surface area (Å²) in [4.78, 5) is 112. The van der Waals surface area contributed by atoms with Crippen LogP contribution in [0.4, 0.5) is 59.1 Å². The van der Waals surface area contributed by atoms with Crippen molar-refractivity contribution in [1.82, 2.24) is 53.8 Å². The third kappa shape index (κ3) is 27.2. The quantitative estimate of drug-likeness (QED) is 0.0193. The molecule has 2 amide bonds. The minimum absolute atomic E-state index is 0. The van der Waals surface area contributed by atoms with Gasteiger partial charge >= 0.3 is 5.97 Å². The number of ether oxygens (including phenoxy) is 3. The Balaban J connectivity index is 0.000000376. The number of carboxylic acid groups (broad SMARTS) is 1. The predicted molar refractivity (Wildman–Crippen MR) is 429 cm³/mol. The van der Waals surface area contributed by atoms with Gasteiger partial charge in [0, 0.05) is 153 Å². The number of H-pyrrole nitrogens is 1. The second-order valence-corrected chi connectivity index (χ2v) is 25.0. The number of carboxylic acids is 1. The van der Waals surface area contributed by atoms with Gasteiger partial charge in [-0.05, 0) is 75.4 Å². The average Bonchev–Trinajstić information content (AvgIpc) is 0.819. The number of aryl methyl sites for hydroxylation is 4. The van der Waals surface area contributed by atoms with E-state index in [0.29, 0.717) is 17.1 Å². The van der Waals surface area contributed by atoms with Crippen molar-refractivity contribution in [2.45, 2.75) is 53.9 Å². The van der Waals surface area contributed by atoms with E-state index in [-0.39, 0.29) is 161 Å². The van der Waals surface area contributed by atoms with Gasteiger partial charge in [-0.2, -0.15) is 0 Å². The van der Waals surface area contributed by atoms with Crippen LogP contribution in [0.1, 0.15) is 102 Å². The van der Waals surface area contributed by atoms with E-state index >= 15 is 0 Å². The summed E-state index contributed by atoms with van der Waals surface area (Å²) in [6, 6.07) is 24.3. The molecular formula is C70H68BCl6F3N19O16. The minimum atomic E-state index is -1.29. The Labute approximate surface area is 681 Å². The Kier molecular flexibility index (Phi) is 36.6. The van der Waals surface area contributed by atoms with E-state index in [9.17, 15) is 71.8 Å². The van der Waals surface area contributed by atoms with Crippen molar-refractivity contribution in [3.63, 3.8) is 0 Å². The summed E-state index contributed by atoms with van der Waals surface area (Å²) in [5.74, 6) is -4.63. The molecule has 605 valence electrons. The van der Waals surface area contributed by atoms with Gasteiger partial charge in [0.25, 0.3) is 28.7 Å². The fourth-order valence-electron chi connectivity index (χ4n) is 8.80. The maximum atomic E-state index is 13.8. The number of nitro groups is 2. The van der Waals surface area contributed by atoms with Gasteiger partial charge in [0.2, 0.25) is 22.2 Å². The van der Waals surface area contributed by atoms with E-state index in [0.717, 1.165) is 53.2 Å². The number of nitrogen functional groups attached to an aromatic ring is 4. The van der Waals surface area contributed by atoms with Crippen LogP contribution in [0.2, 0.25) is 30.1 Å². The Morgan fingerprint density at radius 2 is 0.783 bits per heavy atom. The molecule has 11 rings (SSSR count). The highest BCUT2D eigenvalue weighted by Crippen LogP contribution is 2.39. The zero-order valence-electron chi connectivity index (χ0n) is 59.3. The van der Waals surface area contributed by atoms with E-state index in [2.05, 4.69) is 46.2 Å². The number of anilines is 6. The first-order chi connectivity index (χ1) is 52.6. The number of nitrogens with one attached hydrogen (secondary N) is 3. The van der Waals surface area contributed by atoms with Crippen LogP contribution in [-0.2, 0) is 28.2 Å². The number of aromatic carboxylic acids is 1. The van der Waals surface area contributed by atoms with Crippen LogP contribution >= 0.6 is 69.6 Å². The number of nitrogens with two attached hydrogens (primary N) is 4. The summed E-state index contributed by atoms with van der Waals surface area (Å²) in [6.45, 7) is 4.75. The Hall–Kier alpha value is -12.9. The Morgan fingerprint density at radius 3 is 1.09 bits per heavy atom. The summed E-state index contributed by atoms with van der Waals surface area (Å²) in [5.41, 5.74) is 22.8. The largest absolute Gasteiger partial charge is 0.482 e. The molecule has 45 heteroatoms. The van der Waals surface area contributed by atoms with Gasteiger partial charge in [-0.3, -0.25) is 53.8 Å². The van der Waals surface area contributed by atoms with Crippen molar-refractivity contribution in [1.29, 1.82) is 0 Å². The normalized spacial score (nSPS) is 10.9. The monoisotopic (exact) mass is 1710 g/mol. The zero-order chi connectivity index (χ0) is 83.3. The standard InChI is InChI=1S/2C19H16Cl2FN5O3.C13H10Cl2FN3O3.C6H6N2O3.C6H8N2O.C5H4N2O3.2CH4.B/c2*1-9(16-11(20)4-5-12(22)17(16)21)30-14-7-13(25-26-18(14)23)19(29)24-10-3-6-15(28)27(2)8-10;1-5(10-6(14)2-3-7(16)11(10)15)22-9-4-8(13(20)21)18-19-12(9)17;1-7-4-5(8(10)11)2-3-6(7)9;1-8-4-5(7)2-3-6(8)9;8-5-2-1-4(3-6-5)7(9)10;;;/h2*3-9H,1-2H3,(H2,23,26)(H,24,29);2-5H,1H3,(H2,17,19)(H,20,21);2-4H,1H3;2-4H,7H2,1H3;1-3H,(H,6,8);2*1H4;/t2*9-;5-;;;;;;/m111....../s1. The second-order valence-electron chi connectivity index (χ2n) is 22.6. The predicted octanol–water partition coefficient (Wildman–Crippen LogP) is 12.0. The van der Waals surface area contributed by atoms with E-state index in [1.807, 2.05) is 0 Å². The molecule has 3 radical (unpaired) electrons. The summed E-state index contributed by atoms with van der Waals surface area (Å²) < 4.78 is 63.4. The lowest BCUT2D eigenvalue weighted by atomic mass is 10.1. The van der Waals surface area contributed by atoms with Crippen LogP contribution in [0, 0.1) is 37.7 Å². The van der Waals surface area contributed by atoms with E-state index in [1.165, 1.54) is 106 Å².